The van der Waals surface area contributed by atoms with E-state index in [0.717, 1.165) is 12.2 Å². The second-order valence-electron chi connectivity index (χ2n) is 3.25. The van der Waals surface area contributed by atoms with E-state index in [-0.39, 0.29) is 5.56 Å². The third-order valence-corrected chi connectivity index (χ3v) is 2.30. The maximum Gasteiger partial charge on any atom is 0.296 e. The summed E-state index contributed by atoms with van der Waals surface area (Å²) < 4.78 is 3.26. The van der Waals surface area contributed by atoms with Gasteiger partial charge in [-0.2, -0.15) is 0 Å². The minimum absolute atomic E-state index is 0.143. The van der Waals surface area contributed by atoms with Gasteiger partial charge >= 0.3 is 0 Å². The summed E-state index contributed by atoms with van der Waals surface area (Å²) in [6, 6.07) is 0. The molecule has 0 amide bonds. The van der Waals surface area contributed by atoms with Crippen LogP contribution in [0.15, 0.2) is 17.2 Å². The molecule has 2 heterocycles. The molecule has 2 N–H and O–H groups in total. The lowest BCUT2D eigenvalue weighted by molar-refractivity contribution is 0.675. The van der Waals surface area contributed by atoms with Crippen LogP contribution in [0.4, 0.5) is 0 Å². The third-order valence-electron chi connectivity index (χ3n) is 2.30. The van der Waals surface area contributed by atoms with E-state index in [9.17, 15) is 4.79 Å². The molecular formula is C9H13N5O. The van der Waals surface area contributed by atoms with E-state index >= 15 is 0 Å². The Balaban J connectivity index is 2.65. The number of rotatable bonds is 3. The maximum atomic E-state index is 11.8. The minimum atomic E-state index is -0.143. The predicted molar refractivity (Wildman–Crippen MR) is 55.7 cm³/mol. The highest BCUT2D eigenvalue weighted by molar-refractivity contribution is 5.34. The Labute approximate surface area is 86.3 Å². The van der Waals surface area contributed by atoms with E-state index in [1.54, 1.807) is 21.4 Å². The first-order chi connectivity index (χ1) is 7.27. The van der Waals surface area contributed by atoms with E-state index in [1.807, 2.05) is 6.92 Å². The average molecular weight is 207 g/mol. The summed E-state index contributed by atoms with van der Waals surface area (Å²) in [5.74, 6) is 0.794. The van der Waals surface area contributed by atoms with Crippen molar-refractivity contribution in [3.63, 3.8) is 0 Å². The van der Waals surface area contributed by atoms with Gasteiger partial charge in [0.2, 0.25) is 5.65 Å². The molecule has 15 heavy (non-hydrogen) atoms. The van der Waals surface area contributed by atoms with Crippen molar-refractivity contribution < 1.29 is 0 Å². The van der Waals surface area contributed by atoms with Gasteiger partial charge in [-0.1, -0.05) is 6.92 Å². The summed E-state index contributed by atoms with van der Waals surface area (Å²) in [6.45, 7) is 2.91. The van der Waals surface area contributed by atoms with E-state index in [2.05, 4.69) is 10.2 Å². The number of aromatic nitrogens is 4. The summed E-state index contributed by atoms with van der Waals surface area (Å²) in [6.07, 6.45) is 4.26. The quantitative estimate of drug-likeness (QED) is 0.729. The molecule has 0 bridgehead atoms. The van der Waals surface area contributed by atoms with Crippen LogP contribution in [0.1, 0.15) is 12.7 Å². The molecule has 80 valence electrons. The Kier molecular flexibility index (Phi) is 2.51. The molecular weight excluding hydrogens is 194 g/mol. The predicted octanol–water partition coefficient (Wildman–Crippen LogP) is -0.588. The molecule has 0 unspecified atom stereocenters. The Hall–Kier alpha value is -1.69. The second kappa shape index (κ2) is 3.82. The number of nitrogens with two attached hydrogens (primary N) is 1. The summed E-state index contributed by atoms with van der Waals surface area (Å²) in [4.78, 5) is 11.8. The molecule has 0 aliphatic heterocycles. The Morgan fingerprint density at radius 1 is 1.40 bits per heavy atom. The lowest BCUT2D eigenvalue weighted by atomic mass is 10.4. The Bertz CT molecular complexity index is 527. The molecule has 0 aliphatic carbocycles. The van der Waals surface area contributed by atoms with Crippen LogP contribution in [-0.2, 0) is 13.0 Å². The fourth-order valence-corrected chi connectivity index (χ4v) is 1.53. The molecule has 2 aromatic rings. The monoisotopic (exact) mass is 207 g/mol. The zero-order valence-corrected chi connectivity index (χ0v) is 8.55. The Morgan fingerprint density at radius 3 is 2.87 bits per heavy atom. The van der Waals surface area contributed by atoms with Crippen LogP contribution >= 0.6 is 0 Å². The zero-order valence-electron chi connectivity index (χ0n) is 8.55. The van der Waals surface area contributed by atoms with Crippen molar-refractivity contribution in [3.05, 3.63) is 28.6 Å². The normalized spacial score (nSPS) is 11.1. The first-order valence-electron chi connectivity index (χ1n) is 4.91. The van der Waals surface area contributed by atoms with Gasteiger partial charge in [0.1, 0.15) is 5.82 Å². The molecule has 2 rings (SSSR count). The summed E-state index contributed by atoms with van der Waals surface area (Å²) in [7, 11) is 0. The van der Waals surface area contributed by atoms with Gasteiger partial charge < -0.3 is 10.3 Å². The van der Waals surface area contributed by atoms with Crippen LogP contribution in [0.2, 0.25) is 0 Å². The van der Waals surface area contributed by atoms with E-state index in [4.69, 9.17) is 5.73 Å². The minimum Gasteiger partial charge on any atom is -0.329 e. The molecule has 0 spiro atoms. The van der Waals surface area contributed by atoms with Gasteiger partial charge in [-0.3, -0.25) is 9.20 Å². The molecule has 0 fully saturated rings. The highest BCUT2D eigenvalue weighted by atomic mass is 16.1. The number of nitrogens with zero attached hydrogens (tertiary/aromatic N) is 4. The summed E-state index contributed by atoms with van der Waals surface area (Å²) in [5, 5.41) is 7.81. The topological polar surface area (TPSA) is 78.2 Å². The maximum absolute atomic E-state index is 11.8. The van der Waals surface area contributed by atoms with Crippen LogP contribution in [0.3, 0.4) is 0 Å². The van der Waals surface area contributed by atoms with Crippen molar-refractivity contribution in [2.45, 2.75) is 19.9 Å². The van der Waals surface area contributed by atoms with Crippen LogP contribution in [0, 0.1) is 0 Å². The SMILES string of the molecule is CCc1nnc2c(=O)n(CCN)ccn12. The van der Waals surface area contributed by atoms with Gasteiger partial charge in [-0.05, 0) is 0 Å². The van der Waals surface area contributed by atoms with Crippen molar-refractivity contribution in [3.8, 4) is 0 Å². The van der Waals surface area contributed by atoms with E-state index in [0.29, 0.717) is 18.7 Å². The van der Waals surface area contributed by atoms with Gasteiger partial charge in [0, 0.05) is 31.9 Å². The van der Waals surface area contributed by atoms with Crippen molar-refractivity contribution in [2.24, 2.45) is 5.73 Å². The van der Waals surface area contributed by atoms with Crippen molar-refractivity contribution in [1.29, 1.82) is 0 Å². The molecule has 0 saturated carbocycles. The molecule has 0 aliphatic rings. The summed E-state index contributed by atoms with van der Waals surface area (Å²) in [5.41, 5.74) is 5.62. The lowest BCUT2D eigenvalue weighted by Crippen LogP contribution is -2.25. The molecule has 2 aromatic heterocycles. The lowest BCUT2D eigenvalue weighted by Gasteiger charge is -2.03. The van der Waals surface area contributed by atoms with Crippen LogP contribution in [0.25, 0.3) is 5.65 Å². The number of hydrogen-bond acceptors (Lipinski definition) is 4. The van der Waals surface area contributed by atoms with Crippen LogP contribution < -0.4 is 11.3 Å². The van der Waals surface area contributed by atoms with E-state index < -0.39 is 0 Å². The van der Waals surface area contributed by atoms with Crippen molar-refractivity contribution >= 4 is 5.65 Å². The molecule has 0 aromatic carbocycles. The molecule has 0 atom stereocenters. The number of aryl methyl sites for hydroxylation is 1. The average Bonchev–Trinajstić information content (AvgIpc) is 2.66. The van der Waals surface area contributed by atoms with Crippen LogP contribution in [-0.4, -0.2) is 25.7 Å². The molecule has 6 heteroatoms. The highest BCUT2D eigenvalue weighted by Crippen LogP contribution is 1.98. The van der Waals surface area contributed by atoms with Gasteiger partial charge in [0.15, 0.2) is 0 Å². The third kappa shape index (κ3) is 1.52. The fourth-order valence-electron chi connectivity index (χ4n) is 1.53. The second-order valence-corrected chi connectivity index (χ2v) is 3.25. The zero-order chi connectivity index (χ0) is 10.8. The Morgan fingerprint density at radius 2 is 2.20 bits per heavy atom. The van der Waals surface area contributed by atoms with Gasteiger partial charge in [-0.15, -0.1) is 10.2 Å². The van der Waals surface area contributed by atoms with Gasteiger partial charge in [0.25, 0.3) is 5.56 Å². The largest absolute Gasteiger partial charge is 0.329 e. The van der Waals surface area contributed by atoms with E-state index in [1.165, 1.54) is 0 Å². The fraction of sp³-hybridized carbons (Fsp3) is 0.444. The first-order valence-corrected chi connectivity index (χ1v) is 4.91. The van der Waals surface area contributed by atoms with Gasteiger partial charge in [-0.25, -0.2) is 0 Å². The number of hydrogen-bond donors (Lipinski definition) is 1. The van der Waals surface area contributed by atoms with Crippen molar-refractivity contribution in [1.82, 2.24) is 19.2 Å². The molecule has 0 saturated heterocycles. The highest BCUT2D eigenvalue weighted by Gasteiger charge is 2.08. The van der Waals surface area contributed by atoms with Gasteiger partial charge in [0.05, 0.1) is 0 Å². The molecule has 6 nitrogen and oxygen atoms in total. The standard InChI is InChI=1S/C9H13N5O/c1-2-7-11-12-8-9(15)13(4-3-10)5-6-14(7)8/h5-6H,2-4,10H2,1H3. The van der Waals surface area contributed by atoms with Crippen molar-refractivity contribution in [2.75, 3.05) is 6.54 Å². The first kappa shape index (κ1) is 9.85. The molecule has 0 radical (unpaired) electrons. The van der Waals surface area contributed by atoms with Crippen LogP contribution in [0.5, 0.6) is 0 Å². The smallest absolute Gasteiger partial charge is 0.296 e. The number of fused-ring (bicyclic) bond motifs is 1. The summed E-state index contributed by atoms with van der Waals surface area (Å²) >= 11 is 0.